The zero-order valence-corrected chi connectivity index (χ0v) is 16.1. The van der Waals surface area contributed by atoms with Crippen molar-refractivity contribution in [2.24, 2.45) is 0 Å². The molecule has 0 aliphatic heterocycles. The monoisotopic (exact) mass is 336 g/mol. The summed E-state index contributed by atoms with van der Waals surface area (Å²) in [5.74, 6) is 0. The maximum atomic E-state index is 11.6. The Morgan fingerprint density at radius 2 is 1.14 bits per heavy atom. The Kier molecular flexibility index (Phi) is 14.7. The first-order chi connectivity index (χ1) is 10.5. The van der Waals surface area contributed by atoms with Crippen molar-refractivity contribution in [1.82, 2.24) is 0 Å². The Morgan fingerprint density at radius 1 is 0.773 bits per heavy atom. The van der Waals surface area contributed by atoms with E-state index in [-0.39, 0.29) is 5.25 Å². The Labute approximate surface area is 140 Å². The summed E-state index contributed by atoms with van der Waals surface area (Å²) < 4.78 is 26.2. The molecule has 0 aromatic rings. The van der Waals surface area contributed by atoms with Gasteiger partial charge in [-0.3, -0.25) is 4.18 Å². The zero-order valence-electron chi connectivity index (χ0n) is 15.2. The van der Waals surface area contributed by atoms with Crippen LogP contribution in [0.1, 0.15) is 104 Å². The fourth-order valence-electron chi connectivity index (χ4n) is 2.46. The number of unbranched alkanes of at least 4 members (excludes halogenated alkanes) is 12. The van der Waals surface area contributed by atoms with Crippen LogP contribution in [0.5, 0.6) is 0 Å². The highest BCUT2D eigenvalue weighted by Crippen LogP contribution is 2.14. The second kappa shape index (κ2) is 14.6. The predicted molar refractivity (Wildman–Crippen MR) is 98.9 cm³/mol. The zero-order chi connectivity index (χ0) is 16.7. The van der Waals surface area contributed by atoms with Gasteiger partial charge in [0, 0.05) is 5.25 Å². The predicted octanol–water partition coefficient (Wildman–Crippen LogP) is 5.91. The van der Waals surface area contributed by atoms with Gasteiger partial charge in [-0.2, -0.15) is 0 Å². The second-order valence-electron chi connectivity index (χ2n) is 6.73. The number of hydrogen-bond donors (Lipinski definition) is 2. The Bertz CT molecular complexity index is 280. The lowest BCUT2D eigenvalue weighted by atomic mass is 10.0. The lowest BCUT2D eigenvalue weighted by molar-refractivity contribution is 0.274. The van der Waals surface area contributed by atoms with Crippen molar-refractivity contribution >= 4 is 10.5 Å². The highest BCUT2D eigenvalue weighted by Gasteiger charge is 2.14. The number of rotatable bonds is 16. The highest BCUT2D eigenvalue weighted by atomic mass is 32.3. The maximum absolute atomic E-state index is 11.6. The third kappa shape index (κ3) is 13.7. The average molecular weight is 337 g/mol. The van der Waals surface area contributed by atoms with Crippen molar-refractivity contribution in [3.8, 4) is 0 Å². The molecule has 1 N–H and O–H groups in total. The maximum Gasteiger partial charge on any atom is 0.0778 e. The van der Waals surface area contributed by atoms with Crippen molar-refractivity contribution in [2.75, 3.05) is 6.61 Å². The van der Waals surface area contributed by atoms with Crippen LogP contribution in [0.25, 0.3) is 0 Å². The molecule has 0 aromatic carbocycles. The van der Waals surface area contributed by atoms with E-state index in [1.807, 2.05) is 0 Å². The molecule has 0 fully saturated rings. The first-order valence-electron chi connectivity index (χ1n) is 9.47. The quantitative estimate of drug-likeness (QED) is 0.272. The SMILES string of the molecule is CCCCCCCCCCCCCCCO[SH](=O)(O)C(C)C. The van der Waals surface area contributed by atoms with E-state index in [2.05, 4.69) is 6.92 Å². The Hall–Kier alpha value is 0.0700. The molecule has 0 aliphatic rings. The van der Waals surface area contributed by atoms with Gasteiger partial charge in [0.25, 0.3) is 0 Å². The van der Waals surface area contributed by atoms with E-state index < -0.39 is 10.5 Å². The lowest BCUT2D eigenvalue weighted by Crippen LogP contribution is -2.25. The largest absolute Gasteiger partial charge is 0.309 e. The molecule has 3 nitrogen and oxygen atoms in total. The van der Waals surface area contributed by atoms with Crippen LogP contribution < -0.4 is 0 Å². The van der Waals surface area contributed by atoms with Gasteiger partial charge in [-0.25, -0.2) is 4.21 Å². The molecule has 0 rings (SSSR count). The Balaban J connectivity index is 3.16. The van der Waals surface area contributed by atoms with Gasteiger partial charge in [0.15, 0.2) is 0 Å². The summed E-state index contributed by atoms with van der Waals surface area (Å²) in [6.45, 7) is 6.14. The summed E-state index contributed by atoms with van der Waals surface area (Å²) in [5.41, 5.74) is 0. The first kappa shape index (κ1) is 22.1. The average Bonchev–Trinajstić information content (AvgIpc) is 2.47. The summed E-state index contributed by atoms with van der Waals surface area (Å²) in [6, 6.07) is 0. The van der Waals surface area contributed by atoms with E-state index in [1.165, 1.54) is 70.6 Å². The van der Waals surface area contributed by atoms with Gasteiger partial charge in [-0.1, -0.05) is 84.0 Å². The molecule has 0 spiro atoms. The fraction of sp³-hybridized carbons (Fsp3) is 1.00. The summed E-state index contributed by atoms with van der Waals surface area (Å²) in [5, 5.41) is -0.297. The van der Waals surface area contributed by atoms with Gasteiger partial charge in [0.1, 0.15) is 0 Å². The molecule has 0 amide bonds. The lowest BCUT2D eigenvalue weighted by Gasteiger charge is -2.21. The molecule has 4 heteroatoms. The van der Waals surface area contributed by atoms with Crippen molar-refractivity contribution in [1.29, 1.82) is 0 Å². The third-order valence-corrected chi connectivity index (χ3v) is 6.03. The van der Waals surface area contributed by atoms with Crippen LogP contribution in [-0.4, -0.2) is 20.6 Å². The number of thiol groups is 1. The van der Waals surface area contributed by atoms with Crippen molar-refractivity contribution in [3.05, 3.63) is 0 Å². The normalized spacial score (nSPS) is 13.0. The third-order valence-electron chi connectivity index (χ3n) is 4.18. The molecule has 0 bridgehead atoms. The van der Waals surface area contributed by atoms with Crippen LogP contribution in [0.15, 0.2) is 0 Å². The van der Waals surface area contributed by atoms with Gasteiger partial charge in [-0.15, -0.1) is 0 Å². The first-order valence-corrected chi connectivity index (χ1v) is 11.1. The fourth-order valence-corrected chi connectivity index (χ4v) is 3.15. The summed E-state index contributed by atoms with van der Waals surface area (Å²) in [4.78, 5) is 0. The molecule has 0 radical (unpaired) electrons. The molecule has 0 saturated carbocycles. The topological polar surface area (TPSA) is 46.5 Å². The van der Waals surface area contributed by atoms with Crippen LogP contribution in [0.3, 0.4) is 0 Å². The molecule has 0 heterocycles. The molecular weight excluding hydrogens is 296 g/mol. The second-order valence-corrected chi connectivity index (χ2v) is 9.15. The van der Waals surface area contributed by atoms with E-state index in [0.29, 0.717) is 6.61 Å². The molecule has 22 heavy (non-hydrogen) atoms. The molecule has 136 valence electrons. The minimum Gasteiger partial charge on any atom is -0.309 e. The highest BCUT2D eigenvalue weighted by molar-refractivity contribution is 7.93. The molecule has 0 aliphatic carbocycles. The van der Waals surface area contributed by atoms with Crippen LogP contribution >= 0.6 is 0 Å². The minimum absolute atomic E-state index is 0.297. The Morgan fingerprint density at radius 3 is 1.50 bits per heavy atom. The molecule has 0 saturated heterocycles. The number of hydrogen-bond acceptors (Lipinski definition) is 2. The van der Waals surface area contributed by atoms with Gasteiger partial charge in [-0.05, 0) is 20.3 Å². The van der Waals surface area contributed by atoms with Crippen molar-refractivity contribution in [2.45, 2.75) is 109 Å². The standard InChI is InChI=1S/C18H40O3S/c1-4-5-6-7-8-9-10-11-12-13-14-15-16-17-21-22(19,20)18(2)3/h18,22H,4-17H2,1-3H3,(H,19,20). The van der Waals surface area contributed by atoms with E-state index >= 15 is 0 Å². The van der Waals surface area contributed by atoms with E-state index in [1.54, 1.807) is 13.8 Å². The van der Waals surface area contributed by atoms with Gasteiger partial charge in [0.2, 0.25) is 0 Å². The van der Waals surface area contributed by atoms with E-state index in [9.17, 15) is 8.76 Å². The van der Waals surface area contributed by atoms with Gasteiger partial charge < -0.3 is 4.55 Å². The minimum atomic E-state index is -3.35. The summed E-state index contributed by atoms with van der Waals surface area (Å²) in [7, 11) is -3.35. The summed E-state index contributed by atoms with van der Waals surface area (Å²) >= 11 is 0. The van der Waals surface area contributed by atoms with Crippen LogP contribution in [-0.2, 0) is 14.7 Å². The molecular formula is C18H40O3S. The van der Waals surface area contributed by atoms with Gasteiger partial charge in [0.05, 0.1) is 17.1 Å². The van der Waals surface area contributed by atoms with E-state index in [0.717, 1.165) is 12.8 Å². The van der Waals surface area contributed by atoms with E-state index in [4.69, 9.17) is 4.18 Å². The van der Waals surface area contributed by atoms with Crippen molar-refractivity contribution in [3.63, 3.8) is 0 Å². The van der Waals surface area contributed by atoms with Crippen LogP contribution in [0.4, 0.5) is 0 Å². The summed E-state index contributed by atoms with van der Waals surface area (Å²) in [6.07, 6.45) is 17.0. The smallest absolute Gasteiger partial charge is 0.0778 e. The van der Waals surface area contributed by atoms with Gasteiger partial charge >= 0.3 is 0 Å². The molecule has 0 aromatic heterocycles. The van der Waals surface area contributed by atoms with Crippen molar-refractivity contribution < 1.29 is 12.9 Å². The molecule has 0 unspecified atom stereocenters. The van der Waals surface area contributed by atoms with Crippen LogP contribution in [0.2, 0.25) is 0 Å². The molecule has 0 atom stereocenters. The van der Waals surface area contributed by atoms with Crippen LogP contribution in [0, 0.1) is 0 Å².